The standard InChI is InChI=1S/C14H24N6O2/c1-10-4-5-11(13(21)17-15)7-20(10)12-6-16-19(8-12)9-14(2,3)18-22/h6,8,10-11H,4-5,7,9,15H2,1-3H3,(H,17,21)/t10-,11+/m0/s1. The fraction of sp³-hybridized carbons (Fsp3) is 0.714. The van der Waals surface area contributed by atoms with E-state index in [4.69, 9.17) is 5.84 Å². The van der Waals surface area contributed by atoms with Gasteiger partial charge in [-0.3, -0.25) is 14.9 Å². The zero-order valence-electron chi connectivity index (χ0n) is 13.3. The predicted molar refractivity (Wildman–Crippen MR) is 84.0 cm³/mol. The van der Waals surface area contributed by atoms with Crippen LogP contribution in [0.5, 0.6) is 0 Å². The summed E-state index contributed by atoms with van der Waals surface area (Å²) in [5, 5.41) is 7.41. The lowest BCUT2D eigenvalue weighted by atomic mass is 9.92. The molecule has 1 fully saturated rings. The topological polar surface area (TPSA) is 106 Å². The van der Waals surface area contributed by atoms with Gasteiger partial charge >= 0.3 is 0 Å². The van der Waals surface area contributed by atoms with Crippen molar-refractivity contribution in [2.24, 2.45) is 16.9 Å². The van der Waals surface area contributed by atoms with Crippen LogP contribution in [0.2, 0.25) is 0 Å². The number of amides is 1. The number of anilines is 1. The minimum Gasteiger partial charge on any atom is -0.365 e. The van der Waals surface area contributed by atoms with Crippen LogP contribution in [-0.2, 0) is 11.3 Å². The first-order valence-electron chi connectivity index (χ1n) is 7.50. The number of hydrogen-bond acceptors (Lipinski definition) is 6. The first-order chi connectivity index (χ1) is 10.4. The van der Waals surface area contributed by atoms with Gasteiger partial charge in [-0.2, -0.15) is 10.0 Å². The molecule has 0 aromatic carbocycles. The van der Waals surface area contributed by atoms with Gasteiger partial charge in [0, 0.05) is 18.8 Å². The van der Waals surface area contributed by atoms with Gasteiger partial charge < -0.3 is 4.90 Å². The van der Waals surface area contributed by atoms with Gasteiger partial charge in [-0.1, -0.05) is 5.18 Å². The van der Waals surface area contributed by atoms with E-state index in [1.165, 1.54) is 0 Å². The molecule has 1 amide bonds. The summed E-state index contributed by atoms with van der Waals surface area (Å²) in [5.74, 6) is 4.99. The van der Waals surface area contributed by atoms with Crippen LogP contribution in [0.4, 0.5) is 5.69 Å². The first-order valence-corrected chi connectivity index (χ1v) is 7.50. The van der Waals surface area contributed by atoms with Crippen molar-refractivity contribution in [2.45, 2.75) is 51.7 Å². The van der Waals surface area contributed by atoms with E-state index in [1.807, 2.05) is 6.20 Å². The molecule has 1 aliphatic heterocycles. The maximum atomic E-state index is 11.8. The Kier molecular flexibility index (Phi) is 4.80. The van der Waals surface area contributed by atoms with Crippen LogP contribution in [0.15, 0.2) is 17.6 Å². The van der Waals surface area contributed by atoms with Crippen LogP contribution in [0.1, 0.15) is 33.6 Å². The summed E-state index contributed by atoms with van der Waals surface area (Å²) in [6.07, 6.45) is 5.41. The molecule has 3 N–H and O–H groups in total. The molecule has 22 heavy (non-hydrogen) atoms. The second-order valence-corrected chi connectivity index (χ2v) is 6.58. The van der Waals surface area contributed by atoms with Gasteiger partial charge in [0.15, 0.2) is 0 Å². The normalized spacial score (nSPS) is 22.5. The molecule has 1 saturated heterocycles. The number of carbonyl (C=O) groups excluding carboxylic acids is 1. The van der Waals surface area contributed by atoms with Gasteiger partial charge in [-0.05, 0) is 33.6 Å². The molecular formula is C14H24N6O2. The number of nitrogens with one attached hydrogen (secondary N) is 1. The highest BCUT2D eigenvalue weighted by Gasteiger charge is 2.30. The number of rotatable bonds is 5. The molecule has 0 spiro atoms. The van der Waals surface area contributed by atoms with Crippen LogP contribution in [0, 0.1) is 10.8 Å². The average Bonchev–Trinajstić information content (AvgIpc) is 2.94. The maximum Gasteiger partial charge on any atom is 0.238 e. The van der Waals surface area contributed by atoms with Crippen LogP contribution < -0.4 is 16.2 Å². The number of hydrazine groups is 1. The van der Waals surface area contributed by atoms with E-state index in [2.05, 4.69) is 27.5 Å². The van der Waals surface area contributed by atoms with E-state index in [-0.39, 0.29) is 11.8 Å². The summed E-state index contributed by atoms with van der Waals surface area (Å²) in [4.78, 5) is 24.7. The third kappa shape index (κ3) is 3.62. The predicted octanol–water partition coefficient (Wildman–Crippen LogP) is 1.02. The summed E-state index contributed by atoms with van der Waals surface area (Å²) >= 11 is 0. The van der Waals surface area contributed by atoms with Crippen molar-refractivity contribution in [3.8, 4) is 0 Å². The van der Waals surface area contributed by atoms with Gasteiger partial charge in [0.25, 0.3) is 0 Å². The van der Waals surface area contributed by atoms with Crippen molar-refractivity contribution in [1.82, 2.24) is 15.2 Å². The van der Waals surface area contributed by atoms with Crippen LogP contribution >= 0.6 is 0 Å². The summed E-state index contributed by atoms with van der Waals surface area (Å²) < 4.78 is 1.72. The number of nitroso groups, excluding NO2 is 1. The largest absolute Gasteiger partial charge is 0.365 e. The van der Waals surface area contributed by atoms with Crippen molar-refractivity contribution in [3.63, 3.8) is 0 Å². The fourth-order valence-corrected chi connectivity index (χ4v) is 2.81. The molecule has 0 saturated carbocycles. The third-order valence-electron chi connectivity index (χ3n) is 4.14. The van der Waals surface area contributed by atoms with Crippen molar-refractivity contribution >= 4 is 11.6 Å². The van der Waals surface area contributed by atoms with Gasteiger partial charge in [0.1, 0.15) is 5.54 Å². The number of aromatic nitrogens is 2. The number of piperidine rings is 1. The molecule has 2 heterocycles. The Morgan fingerprint density at radius 1 is 1.55 bits per heavy atom. The Labute approximate surface area is 130 Å². The molecule has 8 nitrogen and oxygen atoms in total. The van der Waals surface area contributed by atoms with Crippen molar-refractivity contribution in [2.75, 3.05) is 11.4 Å². The van der Waals surface area contributed by atoms with E-state index in [1.54, 1.807) is 24.7 Å². The molecule has 0 bridgehead atoms. The molecule has 0 radical (unpaired) electrons. The number of hydrogen-bond donors (Lipinski definition) is 2. The van der Waals surface area contributed by atoms with Crippen molar-refractivity contribution in [1.29, 1.82) is 0 Å². The second-order valence-electron chi connectivity index (χ2n) is 6.58. The summed E-state index contributed by atoms with van der Waals surface area (Å²) in [6, 6.07) is 0.330. The summed E-state index contributed by atoms with van der Waals surface area (Å²) in [7, 11) is 0. The molecular weight excluding hydrogens is 284 g/mol. The smallest absolute Gasteiger partial charge is 0.238 e. The third-order valence-corrected chi connectivity index (χ3v) is 4.14. The Hall–Kier alpha value is -1.96. The average molecular weight is 308 g/mol. The Morgan fingerprint density at radius 2 is 2.27 bits per heavy atom. The van der Waals surface area contributed by atoms with E-state index >= 15 is 0 Å². The minimum atomic E-state index is -0.696. The molecule has 0 aliphatic carbocycles. The Balaban J connectivity index is 2.11. The lowest BCUT2D eigenvalue weighted by Gasteiger charge is -2.38. The second kappa shape index (κ2) is 6.43. The molecule has 1 aliphatic rings. The molecule has 0 unspecified atom stereocenters. The van der Waals surface area contributed by atoms with Gasteiger partial charge in [0.2, 0.25) is 5.91 Å². The monoisotopic (exact) mass is 308 g/mol. The fourth-order valence-electron chi connectivity index (χ4n) is 2.81. The van der Waals surface area contributed by atoms with Crippen LogP contribution in [0.3, 0.4) is 0 Å². The summed E-state index contributed by atoms with van der Waals surface area (Å²) in [5.41, 5.74) is 2.48. The van der Waals surface area contributed by atoms with E-state index in [0.29, 0.717) is 19.1 Å². The van der Waals surface area contributed by atoms with E-state index < -0.39 is 5.54 Å². The maximum absolute atomic E-state index is 11.8. The molecule has 1 aromatic heterocycles. The molecule has 122 valence electrons. The Bertz CT molecular complexity index is 541. The molecule has 2 rings (SSSR count). The Morgan fingerprint density at radius 3 is 2.91 bits per heavy atom. The van der Waals surface area contributed by atoms with Gasteiger partial charge in [0.05, 0.1) is 24.3 Å². The lowest BCUT2D eigenvalue weighted by Crippen LogP contribution is -2.48. The van der Waals surface area contributed by atoms with Crippen LogP contribution in [-0.4, -0.2) is 33.8 Å². The zero-order chi connectivity index (χ0) is 16.3. The van der Waals surface area contributed by atoms with Gasteiger partial charge in [-0.15, -0.1) is 0 Å². The molecule has 1 aromatic rings. The molecule has 2 atom stereocenters. The van der Waals surface area contributed by atoms with Gasteiger partial charge in [-0.25, -0.2) is 5.84 Å². The number of carbonyl (C=O) groups is 1. The SMILES string of the molecule is C[C@H]1CC[C@@H](C(=O)NN)CN1c1cnn(CC(C)(C)N=O)c1. The highest BCUT2D eigenvalue weighted by Crippen LogP contribution is 2.27. The lowest BCUT2D eigenvalue weighted by molar-refractivity contribution is -0.125. The number of nitrogens with zero attached hydrogens (tertiary/aromatic N) is 4. The first kappa shape index (κ1) is 16.4. The van der Waals surface area contributed by atoms with Crippen molar-refractivity contribution in [3.05, 3.63) is 17.3 Å². The zero-order valence-corrected chi connectivity index (χ0v) is 13.3. The highest BCUT2D eigenvalue weighted by molar-refractivity contribution is 5.79. The summed E-state index contributed by atoms with van der Waals surface area (Å²) in [6.45, 7) is 6.71. The minimum absolute atomic E-state index is 0.113. The quantitative estimate of drug-likeness (QED) is 0.366. The number of nitrogens with two attached hydrogens (primary N) is 1. The highest BCUT2D eigenvalue weighted by atomic mass is 16.3. The van der Waals surface area contributed by atoms with Crippen LogP contribution in [0.25, 0.3) is 0 Å². The van der Waals surface area contributed by atoms with E-state index in [9.17, 15) is 9.70 Å². The molecule has 8 heteroatoms. The van der Waals surface area contributed by atoms with E-state index in [0.717, 1.165) is 18.5 Å². The van der Waals surface area contributed by atoms with Crippen molar-refractivity contribution < 1.29 is 4.79 Å².